The molecule has 2 aromatic rings. The van der Waals surface area contributed by atoms with Gasteiger partial charge in [0.25, 0.3) is 0 Å². The van der Waals surface area contributed by atoms with E-state index in [0.29, 0.717) is 6.54 Å². The SMILES string of the molecule is C[C@H](NS(=O)(=O)c1ccc2ccccc2c1)C(=O)C1[C@H](C(=O)N(C)C2CCCNC2)C1(N)C(=O)OC(C)(C)C. The first-order valence-electron chi connectivity index (χ1n) is 13.2. The van der Waals surface area contributed by atoms with Crippen molar-refractivity contribution < 1.29 is 27.5 Å². The summed E-state index contributed by atoms with van der Waals surface area (Å²) in [4.78, 5) is 42.0. The number of piperidine rings is 1. The fourth-order valence-corrected chi connectivity index (χ4v) is 6.55. The van der Waals surface area contributed by atoms with Crippen LogP contribution in [-0.4, -0.2) is 74.3 Å². The molecule has 5 atom stereocenters. The Bertz CT molecular complexity index is 1380. The van der Waals surface area contributed by atoms with Crippen molar-refractivity contribution in [1.29, 1.82) is 0 Å². The highest BCUT2D eigenvalue weighted by Crippen LogP contribution is 2.52. The lowest BCUT2D eigenvalue weighted by Crippen LogP contribution is -2.50. The smallest absolute Gasteiger partial charge is 0.328 e. The molecular weight excluding hydrogens is 520 g/mol. The predicted molar refractivity (Wildman–Crippen MR) is 147 cm³/mol. The van der Waals surface area contributed by atoms with Crippen LogP contribution in [-0.2, 0) is 29.1 Å². The molecule has 2 aromatic carbocycles. The standard InChI is InChI=1S/C28H38N4O6S/c1-17(31-39(36,37)21-13-12-18-9-6-7-10-19(18)15-21)24(33)22-23(28(22,29)26(35)38-27(2,3)4)25(34)32(5)20-11-8-14-30-16-20/h6-7,9-10,12-13,15,17,20,22-23,30-31H,8,11,14,16,29H2,1-5H3/t17-,20?,22?,23+,28?/m0/s1. The first kappa shape index (κ1) is 29.1. The van der Waals surface area contributed by atoms with Gasteiger partial charge >= 0.3 is 5.97 Å². The van der Waals surface area contributed by atoms with E-state index in [4.69, 9.17) is 10.5 Å². The average Bonchev–Trinajstić information content (AvgIpc) is 3.52. The molecule has 39 heavy (non-hydrogen) atoms. The first-order valence-corrected chi connectivity index (χ1v) is 14.7. The zero-order valence-electron chi connectivity index (χ0n) is 23.1. The zero-order valence-corrected chi connectivity index (χ0v) is 23.9. The number of carbonyl (C=O) groups is 3. The monoisotopic (exact) mass is 558 g/mol. The van der Waals surface area contributed by atoms with Crippen LogP contribution in [0.4, 0.5) is 0 Å². The Morgan fingerprint density at radius 2 is 1.79 bits per heavy atom. The van der Waals surface area contributed by atoms with Crippen LogP contribution in [0.15, 0.2) is 47.4 Å². The van der Waals surface area contributed by atoms with Gasteiger partial charge in [-0.05, 0) is 70.0 Å². The summed E-state index contributed by atoms with van der Waals surface area (Å²) in [5.41, 5.74) is 3.71. The lowest BCUT2D eigenvalue weighted by molar-refractivity contribution is -0.160. The van der Waals surface area contributed by atoms with E-state index in [1.807, 2.05) is 12.1 Å². The molecule has 1 amide bonds. The van der Waals surface area contributed by atoms with Gasteiger partial charge in [-0.15, -0.1) is 0 Å². The number of Topliss-reactive ketones (excluding diaryl/α,β-unsaturated/α-hetero) is 1. The number of nitrogens with zero attached hydrogens (tertiary/aromatic N) is 1. The van der Waals surface area contributed by atoms with Gasteiger partial charge in [0.2, 0.25) is 15.9 Å². The second-order valence-corrected chi connectivity index (χ2v) is 13.3. The predicted octanol–water partition coefficient (Wildman–Crippen LogP) is 1.57. The van der Waals surface area contributed by atoms with Crippen molar-refractivity contribution in [1.82, 2.24) is 14.9 Å². The molecule has 10 nitrogen and oxygen atoms in total. The molecule has 0 aromatic heterocycles. The minimum atomic E-state index is -4.09. The number of nitrogens with one attached hydrogen (secondary N) is 2. The molecule has 0 bridgehead atoms. The van der Waals surface area contributed by atoms with Crippen molar-refractivity contribution in [3.8, 4) is 0 Å². The summed E-state index contributed by atoms with van der Waals surface area (Å²) < 4.78 is 34.3. The largest absolute Gasteiger partial charge is 0.459 e. The van der Waals surface area contributed by atoms with Crippen LogP contribution < -0.4 is 15.8 Å². The minimum absolute atomic E-state index is 0.0000378. The van der Waals surface area contributed by atoms with E-state index in [9.17, 15) is 22.8 Å². The van der Waals surface area contributed by atoms with E-state index in [1.54, 1.807) is 50.9 Å². The minimum Gasteiger partial charge on any atom is -0.459 e. The summed E-state index contributed by atoms with van der Waals surface area (Å²) in [7, 11) is -2.45. The zero-order chi connectivity index (χ0) is 28.8. The Balaban J connectivity index is 1.57. The van der Waals surface area contributed by atoms with E-state index in [-0.39, 0.29) is 10.9 Å². The summed E-state index contributed by atoms with van der Waals surface area (Å²) in [6.07, 6.45) is 1.68. The van der Waals surface area contributed by atoms with E-state index in [1.165, 1.54) is 19.1 Å². The van der Waals surface area contributed by atoms with E-state index >= 15 is 0 Å². The normalized spacial score (nSPS) is 26.1. The van der Waals surface area contributed by atoms with Gasteiger partial charge in [-0.1, -0.05) is 30.3 Å². The number of nitrogens with two attached hydrogens (primary N) is 1. The number of fused-ring (bicyclic) bond motifs is 1. The highest BCUT2D eigenvalue weighted by atomic mass is 32.2. The second kappa shape index (κ2) is 10.6. The maximum Gasteiger partial charge on any atom is 0.328 e. The molecule has 0 radical (unpaired) electrons. The van der Waals surface area contributed by atoms with Gasteiger partial charge < -0.3 is 20.7 Å². The number of ketones is 1. The lowest BCUT2D eigenvalue weighted by atomic mass is 10.0. The van der Waals surface area contributed by atoms with Gasteiger partial charge in [-0.3, -0.25) is 9.59 Å². The topological polar surface area (TPSA) is 148 Å². The van der Waals surface area contributed by atoms with Crippen molar-refractivity contribution in [3.05, 3.63) is 42.5 Å². The number of amides is 1. The molecule has 4 rings (SSSR count). The summed E-state index contributed by atoms with van der Waals surface area (Å²) in [6, 6.07) is 10.7. The van der Waals surface area contributed by atoms with Gasteiger partial charge in [0.05, 0.1) is 22.8 Å². The number of likely N-dealkylation sites (N-methyl/N-ethyl adjacent to an activating group) is 1. The van der Waals surface area contributed by atoms with Crippen molar-refractivity contribution >= 4 is 38.5 Å². The van der Waals surface area contributed by atoms with Crippen LogP contribution in [0.2, 0.25) is 0 Å². The molecule has 2 fully saturated rings. The maximum absolute atomic E-state index is 13.6. The fraction of sp³-hybridized carbons (Fsp3) is 0.536. The summed E-state index contributed by atoms with van der Waals surface area (Å²) in [5, 5.41) is 4.86. The molecule has 0 spiro atoms. The molecule has 3 unspecified atom stereocenters. The number of benzene rings is 2. The molecule has 11 heteroatoms. The van der Waals surface area contributed by atoms with Crippen LogP contribution in [0.3, 0.4) is 0 Å². The van der Waals surface area contributed by atoms with Gasteiger partial charge in [-0.2, -0.15) is 0 Å². The van der Waals surface area contributed by atoms with Crippen molar-refractivity contribution in [2.45, 2.75) is 68.7 Å². The second-order valence-electron chi connectivity index (χ2n) is 11.6. The molecule has 1 aliphatic heterocycles. The van der Waals surface area contributed by atoms with E-state index < -0.39 is 56.7 Å². The molecule has 4 N–H and O–H groups in total. The highest BCUT2D eigenvalue weighted by Gasteiger charge is 2.75. The van der Waals surface area contributed by atoms with Crippen molar-refractivity contribution in [2.75, 3.05) is 20.1 Å². The third-order valence-corrected chi connectivity index (χ3v) is 9.07. The van der Waals surface area contributed by atoms with Gasteiger partial charge in [-0.25, -0.2) is 17.9 Å². The number of esters is 1. The van der Waals surface area contributed by atoms with E-state index in [0.717, 1.165) is 30.2 Å². The third kappa shape index (κ3) is 5.86. The van der Waals surface area contributed by atoms with Crippen molar-refractivity contribution in [3.63, 3.8) is 0 Å². The van der Waals surface area contributed by atoms with Crippen LogP contribution in [0, 0.1) is 11.8 Å². The highest BCUT2D eigenvalue weighted by molar-refractivity contribution is 7.89. The Kier molecular flexibility index (Phi) is 7.92. The summed E-state index contributed by atoms with van der Waals surface area (Å²) in [6.45, 7) is 7.86. The number of rotatable bonds is 8. The average molecular weight is 559 g/mol. The van der Waals surface area contributed by atoms with Crippen LogP contribution in [0.25, 0.3) is 10.8 Å². The summed E-state index contributed by atoms with van der Waals surface area (Å²) in [5.74, 6) is -4.31. The molecule has 1 saturated carbocycles. The summed E-state index contributed by atoms with van der Waals surface area (Å²) >= 11 is 0. The number of sulfonamides is 1. The Morgan fingerprint density at radius 3 is 2.41 bits per heavy atom. The van der Waals surface area contributed by atoms with Gasteiger partial charge in [0, 0.05) is 19.6 Å². The molecule has 1 saturated heterocycles. The molecule has 1 aliphatic carbocycles. The van der Waals surface area contributed by atoms with Gasteiger partial charge in [0.1, 0.15) is 11.1 Å². The maximum atomic E-state index is 13.6. The number of hydrogen-bond acceptors (Lipinski definition) is 8. The van der Waals surface area contributed by atoms with Crippen LogP contribution in [0.1, 0.15) is 40.5 Å². The first-order chi connectivity index (χ1) is 18.2. The molecule has 1 heterocycles. The lowest BCUT2D eigenvalue weighted by Gasteiger charge is -2.32. The quantitative estimate of drug-likeness (QED) is 0.414. The van der Waals surface area contributed by atoms with Crippen LogP contribution >= 0.6 is 0 Å². The van der Waals surface area contributed by atoms with Crippen LogP contribution in [0.5, 0.6) is 0 Å². The Hall–Kier alpha value is -2.86. The number of hydrogen-bond donors (Lipinski definition) is 3. The van der Waals surface area contributed by atoms with Gasteiger partial charge in [0.15, 0.2) is 5.78 Å². The molecule has 212 valence electrons. The molecule has 2 aliphatic rings. The number of carbonyl (C=O) groups excluding carboxylic acids is 3. The Labute approximate surface area is 229 Å². The fourth-order valence-electron chi connectivity index (χ4n) is 5.30. The third-order valence-electron chi connectivity index (χ3n) is 7.53. The van der Waals surface area contributed by atoms with Crippen molar-refractivity contribution in [2.24, 2.45) is 17.6 Å². The Morgan fingerprint density at radius 1 is 1.13 bits per heavy atom. The number of ether oxygens (including phenoxy) is 1. The van der Waals surface area contributed by atoms with E-state index in [2.05, 4.69) is 10.0 Å². The molecular formula is C28H38N4O6S.